The third-order valence-electron chi connectivity index (χ3n) is 13.3. The molecule has 1 aliphatic rings. The Kier molecular flexibility index (Phi) is 8.51. The lowest BCUT2D eigenvalue weighted by Crippen LogP contribution is -2.77. The van der Waals surface area contributed by atoms with Gasteiger partial charge in [0.1, 0.15) is 22.3 Å². The molecule has 0 N–H and O–H groups in total. The molecule has 0 bridgehead atoms. The molecule has 0 saturated carbocycles. The minimum Gasteiger partial charge on any atom is -0.456 e. The molecule has 0 atom stereocenters. The SMILES string of the molecule is c1ccc(-c2ccc(N(c3ccccc3)c3ccc4c(c3)[Si](c3ccc5c(c3)oc3ccccc35)(c3ccc5c(c3)oc3ccccc35)c3ccccc3N4c3ccccc3)cc2)cc1. The Balaban J connectivity index is 1.13. The maximum absolute atomic E-state index is 6.75. The monoisotopic (exact) mass is 848 g/mol. The fourth-order valence-corrected chi connectivity index (χ4v) is 15.5. The van der Waals surface area contributed by atoms with E-state index in [1.54, 1.807) is 0 Å². The summed E-state index contributed by atoms with van der Waals surface area (Å²) in [6.45, 7) is 0. The van der Waals surface area contributed by atoms with Gasteiger partial charge in [0.2, 0.25) is 0 Å². The number of benzene rings is 10. The standard InChI is InChI=1S/C60H40N2O2Si/c1-4-16-41(17-5-1)42-28-30-45(31-29-42)61(43-18-6-2-7-19-43)46-32-37-54-60(38-46)65(47-33-35-51-49-22-10-13-25-55(49)63-57(51)39-47,48-34-36-52-50-23-11-14-26-56(50)64-58(52)40-48)59-27-15-12-24-53(59)62(54)44-20-8-3-9-21-44/h1-40H. The van der Waals surface area contributed by atoms with Gasteiger partial charge in [-0.1, -0.05) is 158 Å². The molecule has 0 amide bonds. The van der Waals surface area contributed by atoms with Crippen LogP contribution in [0.5, 0.6) is 0 Å². The lowest BCUT2D eigenvalue weighted by molar-refractivity contribution is 0.669. The Morgan fingerprint density at radius 2 is 0.800 bits per heavy atom. The van der Waals surface area contributed by atoms with Crippen LogP contribution in [0.4, 0.5) is 34.1 Å². The first kappa shape index (κ1) is 37.2. The predicted molar refractivity (Wildman–Crippen MR) is 273 cm³/mol. The summed E-state index contributed by atoms with van der Waals surface area (Å²) < 4.78 is 13.5. The Labute approximate surface area is 377 Å². The van der Waals surface area contributed by atoms with E-state index in [1.807, 2.05) is 12.1 Å². The molecule has 0 fully saturated rings. The fourth-order valence-electron chi connectivity index (χ4n) is 10.4. The van der Waals surface area contributed by atoms with Gasteiger partial charge in [-0.25, -0.2) is 0 Å². The second-order valence-corrected chi connectivity index (χ2v) is 20.6. The van der Waals surface area contributed by atoms with Crippen molar-refractivity contribution in [2.45, 2.75) is 0 Å². The van der Waals surface area contributed by atoms with Crippen LogP contribution >= 0.6 is 0 Å². The molecule has 0 spiro atoms. The molecule has 0 radical (unpaired) electrons. The van der Waals surface area contributed by atoms with Crippen LogP contribution in [-0.4, -0.2) is 8.07 Å². The molecule has 1 aliphatic heterocycles. The molecular formula is C60H40N2O2Si. The highest BCUT2D eigenvalue weighted by molar-refractivity contribution is 7.21. The lowest BCUT2D eigenvalue weighted by Gasteiger charge is -2.45. The molecule has 0 saturated heterocycles. The molecule has 2 aromatic heterocycles. The van der Waals surface area contributed by atoms with E-state index in [0.717, 1.165) is 78.0 Å². The molecule has 10 aromatic carbocycles. The molecule has 3 heterocycles. The van der Waals surface area contributed by atoms with E-state index in [2.05, 4.69) is 240 Å². The van der Waals surface area contributed by atoms with Crippen LogP contribution < -0.4 is 30.5 Å². The smallest absolute Gasteiger partial charge is 0.184 e. The Hall–Kier alpha value is -8.38. The van der Waals surface area contributed by atoms with Crippen LogP contribution in [0, 0.1) is 0 Å². The second-order valence-electron chi connectivity index (χ2n) is 16.8. The molecule has 65 heavy (non-hydrogen) atoms. The molecule has 0 aliphatic carbocycles. The van der Waals surface area contributed by atoms with E-state index in [-0.39, 0.29) is 0 Å². The van der Waals surface area contributed by atoms with Crippen molar-refractivity contribution >= 4 is 107 Å². The summed E-state index contributed by atoms with van der Waals surface area (Å²) in [6.07, 6.45) is 0. The molecule has 12 aromatic rings. The zero-order valence-corrected chi connectivity index (χ0v) is 36.3. The highest BCUT2D eigenvalue weighted by Crippen LogP contribution is 2.43. The van der Waals surface area contributed by atoms with Crippen molar-refractivity contribution in [3.8, 4) is 11.1 Å². The third-order valence-corrected chi connectivity index (χ3v) is 18.1. The Bertz CT molecular complexity index is 3620. The number of hydrogen-bond donors (Lipinski definition) is 0. The van der Waals surface area contributed by atoms with Crippen molar-refractivity contribution in [2.24, 2.45) is 0 Å². The summed E-state index contributed by atoms with van der Waals surface area (Å²) >= 11 is 0. The van der Waals surface area contributed by atoms with Crippen LogP contribution in [0.1, 0.15) is 0 Å². The summed E-state index contributed by atoms with van der Waals surface area (Å²) in [5.41, 5.74) is 12.5. The highest BCUT2D eigenvalue weighted by Gasteiger charge is 2.50. The largest absolute Gasteiger partial charge is 0.456 e. The molecule has 4 nitrogen and oxygen atoms in total. The minimum absolute atomic E-state index is 0.880. The number of anilines is 6. The number of nitrogens with zero attached hydrogens (tertiary/aromatic N) is 2. The van der Waals surface area contributed by atoms with Crippen molar-refractivity contribution < 1.29 is 8.83 Å². The Morgan fingerprint density at radius 1 is 0.323 bits per heavy atom. The Morgan fingerprint density at radius 3 is 1.45 bits per heavy atom. The number of fused-ring (bicyclic) bond motifs is 8. The maximum atomic E-state index is 6.75. The van der Waals surface area contributed by atoms with Gasteiger partial charge in [-0.3, -0.25) is 0 Å². The van der Waals surface area contributed by atoms with Gasteiger partial charge in [-0.2, -0.15) is 0 Å². The fraction of sp³-hybridized carbons (Fsp3) is 0. The third kappa shape index (κ3) is 5.83. The first-order chi connectivity index (χ1) is 32.2. The van der Waals surface area contributed by atoms with E-state index < -0.39 is 8.07 Å². The first-order valence-corrected chi connectivity index (χ1v) is 24.2. The molecule has 13 rings (SSSR count). The van der Waals surface area contributed by atoms with E-state index in [4.69, 9.17) is 8.83 Å². The molecule has 5 heteroatoms. The van der Waals surface area contributed by atoms with Gasteiger partial charge in [-0.15, -0.1) is 0 Å². The summed E-state index contributed by atoms with van der Waals surface area (Å²) in [6, 6.07) is 88.0. The lowest BCUT2D eigenvalue weighted by atomic mass is 10.0. The quantitative estimate of drug-likeness (QED) is 0.150. The van der Waals surface area contributed by atoms with Crippen LogP contribution in [0.25, 0.3) is 55.0 Å². The van der Waals surface area contributed by atoms with E-state index in [1.165, 1.54) is 31.9 Å². The summed E-state index contributed by atoms with van der Waals surface area (Å²) in [5.74, 6) is 0. The zero-order valence-electron chi connectivity index (χ0n) is 35.3. The van der Waals surface area contributed by atoms with Crippen LogP contribution in [0.3, 0.4) is 0 Å². The number of rotatable bonds is 7. The van der Waals surface area contributed by atoms with Crippen molar-refractivity contribution in [2.75, 3.05) is 9.80 Å². The van der Waals surface area contributed by atoms with E-state index >= 15 is 0 Å². The van der Waals surface area contributed by atoms with Gasteiger partial charge in [0.25, 0.3) is 0 Å². The van der Waals surface area contributed by atoms with Crippen molar-refractivity contribution in [1.82, 2.24) is 0 Å². The van der Waals surface area contributed by atoms with E-state index in [0.29, 0.717) is 0 Å². The van der Waals surface area contributed by atoms with Gasteiger partial charge < -0.3 is 18.6 Å². The van der Waals surface area contributed by atoms with Crippen molar-refractivity contribution in [1.29, 1.82) is 0 Å². The average Bonchev–Trinajstić information content (AvgIpc) is 3.94. The first-order valence-electron chi connectivity index (χ1n) is 22.2. The summed E-state index contributed by atoms with van der Waals surface area (Å²) in [7, 11) is -3.30. The predicted octanol–water partition coefficient (Wildman–Crippen LogP) is 13.8. The average molecular weight is 849 g/mol. The van der Waals surface area contributed by atoms with Crippen molar-refractivity contribution in [3.63, 3.8) is 0 Å². The van der Waals surface area contributed by atoms with Crippen LogP contribution in [0.15, 0.2) is 251 Å². The maximum Gasteiger partial charge on any atom is 0.184 e. The molecular weight excluding hydrogens is 809 g/mol. The number of para-hydroxylation sites is 5. The molecule has 0 unspecified atom stereocenters. The summed E-state index contributed by atoms with van der Waals surface area (Å²) in [4.78, 5) is 4.85. The van der Waals surface area contributed by atoms with Gasteiger partial charge in [0, 0.05) is 55.7 Å². The van der Waals surface area contributed by atoms with Crippen molar-refractivity contribution in [3.05, 3.63) is 243 Å². The summed E-state index contributed by atoms with van der Waals surface area (Å²) in [5, 5.41) is 9.48. The second kappa shape index (κ2) is 14.9. The van der Waals surface area contributed by atoms with Crippen LogP contribution in [0.2, 0.25) is 0 Å². The molecule has 306 valence electrons. The normalized spacial score (nSPS) is 13.0. The van der Waals surface area contributed by atoms with Gasteiger partial charge in [0.15, 0.2) is 8.07 Å². The number of hydrogen-bond acceptors (Lipinski definition) is 4. The topological polar surface area (TPSA) is 32.8 Å². The van der Waals surface area contributed by atoms with Gasteiger partial charge >= 0.3 is 0 Å². The van der Waals surface area contributed by atoms with Gasteiger partial charge in [0.05, 0.1) is 0 Å². The zero-order chi connectivity index (χ0) is 42.9. The highest BCUT2D eigenvalue weighted by atomic mass is 28.3. The van der Waals surface area contributed by atoms with Gasteiger partial charge in [-0.05, 0) is 117 Å². The number of furan rings is 2. The van der Waals surface area contributed by atoms with Crippen LogP contribution in [-0.2, 0) is 0 Å². The van der Waals surface area contributed by atoms with E-state index in [9.17, 15) is 0 Å². The minimum atomic E-state index is -3.30.